The van der Waals surface area contributed by atoms with Crippen LogP contribution in [0.2, 0.25) is 0 Å². The van der Waals surface area contributed by atoms with Gasteiger partial charge in [0.1, 0.15) is 5.82 Å². The lowest BCUT2D eigenvalue weighted by atomic mass is 10.0. The second-order valence-corrected chi connectivity index (χ2v) is 7.64. The molecule has 166 valence electrons. The van der Waals surface area contributed by atoms with E-state index in [9.17, 15) is 4.79 Å². The molecule has 7 heteroatoms. The first-order valence-electron chi connectivity index (χ1n) is 10.7. The lowest BCUT2D eigenvalue weighted by Crippen LogP contribution is -2.46. The average molecular weight is 433 g/mol. The van der Waals surface area contributed by atoms with Crippen molar-refractivity contribution >= 4 is 11.7 Å². The maximum Gasteiger partial charge on any atom is 0.251 e. The van der Waals surface area contributed by atoms with Crippen LogP contribution in [0.15, 0.2) is 66.9 Å². The average Bonchev–Trinajstić information content (AvgIpc) is 2.87. The molecule has 32 heavy (non-hydrogen) atoms. The molecule has 1 aromatic heterocycles. The summed E-state index contributed by atoms with van der Waals surface area (Å²) in [5, 5.41) is 6.54. The Labute approximate surface area is 188 Å². The zero-order valence-corrected chi connectivity index (χ0v) is 18.4. The molecule has 0 radical (unpaired) electrons. The van der Waals surface area contributed by atoms with Gasteiger partial charge in [0.15, 0.2) is 11.5 Å². The van der Waals surface area contributed by atoms with Gasteiger partial charge in [0, 0.05) is 44.0 Å². The van der Waals surface area contributed by atoms with Gasteiger partial charge in [-0.25, -0.2) is 4.98 Å². The Morgan fingerprint density at radius 2 is 1.91 bits per heavy atom. The van der Waals surface area contributed by atoms with Crippen molar-refractivity contribution in [2.24, 2.45) is 0 Å². The van der Waals surface area contributed by atoms with E-state index in [1.165, 1.54) is 5.56 Å². The fourth-order valence-corrected chi connectivity index (χ4v) is 3.87. The molecule has 3 aromatic rings. The van der Waals surface area contributed by atoms with Crippen molar-refractivity contribution in [1.29, 1.82) is 0 Å². The van der Waals surface area contributed by atoms with Crippen LogP contribution in [-0.2, 0) is 6.54 Å². The van der Waals surface area contributed by atoms with Crippen LogP contribution in [0.3, 0.4) is 0 Å². The summed E-state index contributed by atoms with van der Waals surface area (Å²) in [6.07, 6.45) is 1.69. The smallest absolute Gasteiger partial charge is 0.251 e. The molecule has 2 heterocycles. The number of methoxy groups -OCH3 is 2. The maximum atomic E-state index is 12.8. The van der Waals surface area contributed by atoms with Crippen LogP contribution >= 0.6 is 0 Å². The van der Waals surface area contributed by atoms with Crippen LogP contribution in [0.4, 0.5) is 5.82 Å². The van der Waals surface area contributed by atoms with E-state index in [-0.39, 0.29) is 11.9 Å². The zero-order chi connectivity index (χ0) is 22.3. The van der Waals surface area contributed by atoms with Crippen molar-refractivity contribution in [3.8, 4) is 11.5 Å². The van der Waals surface area contributed by atoms with Gasteiger partial charge in [-0.1, -0.05) is 36.4 Å². The van der Waals surface area contributed by atoms with Gasteiger partial charge in [-0.15, -0.1) is 0 Å². The molecule has 2 N–H and O–H groups in total. The van der Waals surface area contributed by atoms with E-state index in [1.807, 2.05) is 30.3 Å². The van der Waals surface area contributed by atoms with E-state index in [4.69, 9.17) is 9.47 Å². The molecule has 1 atom stereocenters. The highest BCUT2D eigenvalue weighted by atomic mass is 16.5. The lowest BCUT2D eigenvalue weighted by molar-refractivity contribution is 0.0950. The van der Waals surface area contributed by atoms with Gasteiger partial charge >= 0.3 is 0 Å². The second kappa shape index (κ2) is 10.2. The molecule has 2 aromatic carbocycles. The minimum absolute atomic E-state index is 0.141. The first kappa shape index (κ1) is 21.6. The number of nitrogens with one attached hydrogen (secondary N) is 2. The van der Waals surface area contributed by atoms with Gasteiger partial charge in [0.2, 0.25) is 0 Å². The van der Waals surface area contributed by atoms with Crippen molar-refractivity contribution in [2.75, 3.05) is 38.8 Å². The standard InChI is InChI=1S/C25H28N4O3/c1-31-22-9-8-18(14-23(22)32-2)16-28-25(30)20-10-11-27-24(15-20)29-13-12-26-21(17-29)19-6-4-3-5-7-19/h3-11,14-15,21,26H,12-13,16-17H2,1-2H3,(H,28,30). The number of piperazine rings is 1. The molecule has 0 saturated carbocycles. The number of carbonyl (C=O) groups is 1. The Balaban J connectivity index is 1.41. The summed E-state index contributed by atoms with van der Waals surface area (Å²) in [5.74, 6) is 1.97. The van der Waals surface area contributed by atoms with E-state index < -0.39 is 0 Å². The van der Waals surface area contributed by atoms with Gasteiger partial charge in [-0.3, -0.25) is 4.79 Å². The Hall–Kier alpha value is -3.58. The Kier molecular flexibility index (Phi) is 6.87. The summed E-state index contributed by atoms with van der Waals surface area (Å²) in [6, 6.07) is 19.8. The monoisotopic (exact) mass is 432 g/mol. The fourth-order valence-electron chi connectivity index (χ4n) is 3.87. The van der Waals surface area contributed by atoms with Crippen LogP contribution in [0.25, 0.3) is 0 Å². The normalized spacial score (nSPS) is 15.8. The molecule has 0 bridgehead atoms. The molecule has 0 aliphatic carbocycles. The molecule has 0 spiro atoms. The van der Waals surface area contributed by atoms with Crippen LogP contribution in [-0.4, -0.2) is 44.7 Å². The number of rotatable bonds is 7. The summed E-state index contributed by atoms with van der Waals surface area (Å²) in [4.78, 5) is 19.5. The van der Waals surface area contributed by atoms with Crippen molar-refractivity contribution in [2.45, 2.75) is 12.6 Å². The van der Waals surface area contributed by atoms with Gasteiger partial charge < -0.3 is 25.0 Å². The lowest BCUT2D eigenvalue weighted by Gasteiger charge is -2.34. The molecule has 1 fully saturated rings. The summed E-state index contributed by atoms with van der Waals surface area (Å²) in [7, 11) is 3.19. The van der Waals surface area contributed by atoms with E-state index in [1.54, 1.807) is 26.5 Å². The number of pyridine rings is 1. The molecule has 1 aliphatic rings. The van der Waals surface area contributed by atoms with E-state index in [0.717, 1.165) is 31.0 Å². The number of nitrogens with zero attached hydrogens (tertiary/aromatic N) is 2. The second-order valence-electron chi connectivity index (χ2n) is 7.64. The number of hydrogen-bond donors (Lipinski definition) is 2. The Morgan fingerprint density at radius 3 is 2.69 bits per heavy atom. The van der Waals surface area contributed by atoms with E-state index in [2.05, 4.69) is 44.8 Å². The minimum atomic E-state index is -0.141. The molecule has 1 aliphatic heterocycles. The number of carbonyl (C=O) groups excluding carboxylic acids is 1. The Morgan fingerprint density at radius 1 is 1.09 bits per heavy atom. The molecular weight excluding hydrogens is 404 g/mol. The van der Waals surface area contributed by atoms with Crippen LogP contribution in [0.1, 0.15) is 27.5 Å². The van der Waals surface area contributed by atoms with Crippen LogP contribution in [0.5, 0.6) is 11.5 Å². The molecule has 7 nitrogen and oxygen atoms in total. The first-order chi connectivity index (χ1) is 15.7. The van der Waals surface area contributed by atoms with Gasteiger partial charge in [-0.2, -0.15) is 0 Å². The highest BCUT2D eigenvalue weighted by Gasteiger charge is 2.22. The topological polar surface area (TPSA) is 75.7 Å². The van der Waals surface area contributed by atoms with Crippen LogP contribution in [0, 0.1) is 0 Å². The minimum Gasteiger partial charge on any atom is -0.493 e. The predicted molar refractivity (Wildman–Crippen MR) is 124 cm³/mol. The zero-order valence-electron chi connectivity index (χ0n) is 18.4. The number of hydrogen-bond acceptors (Lipinski definition) is 6. The van der Waals surface area contributed by atoms with Gasteiger partial charge in [-0.05, 0) is 35.4 Å². The van der Waals surface area contributed by atoms with Gasteiger partial charge in [0.25, 0.3) is 5.91 Å². The Bertz CT molecular complexity index is 1060. The molecule has 4 rings (SSSR count). The highest BCUT2D eigenvalue weighted by Crippen LogP contribution is 2.27. The van der Waals surface area contributed by atoms with Gasteiger partial charge in [0.05, 0.1) is 14.2 Å². The van der Waals surface area contributed by atoms with Crippen molar-refractivity contribution < 1.29 is 14.3 Å². The van der Waals surface area contributed by atoms with E-state index in [0.29, 0.717) is 23.6 Å². The summed E-state index contributed by atoms with van der Waals surface area (Å²) >= 11 is 0. The predicted octanol–water partition coefficient (Wildman–Crippen LogP) is 3.18. The number of aromatic nitrogens is 1. The van der Waals surface area contributed by atoms with Crippen molar-refractivity contribution in [3.05, 3.63) is 83.6 Å². The molecule has 1 saturated heterocycles. The quantitative estimate of drug-likeness (QED) is 0.597. The summed E-state index contributed by atoms with van der Waals surface area (Å²) in [6.45, 7) is 2.89. The van der Waals surface area contributed by atoms with Crippen molar-refractivity contribution in [3.63, 3.8) is 0 Å². The number of anilines is 1. The number of ether oxygens (including phenoxy) is 2. The highest BCUT2D eigenvalue weighted by molar-refractivity contribution is 5.94. The number of benzene rings is 2. The maximum absolute atomic E-state index is 12.8. The van der Waals surface area contributed by atoms with Crippen molar-refractivity contribution in [1.82, 2.24) is 15.6 Å². The molecular formula is C25H28N4O3. The first-order valence-corrected chi connectivity index (χ1v) is 10.7. The number of amides is 1. The third kappa shape index (κ3) is 5.00. The SMILES string of the molecule is COc1ccc(CNC(=O)c2ccnc(N3CCNC(c4ccccc4)C3)c2)cc1OC. The summed E-state index contributed by atoms with van der Waals surface area (Å²) in [5.41, 5.74) is 2.77. The summed E-state index contributed by atoms with van der Waals surface area (Å²) < 4.78 is 10.6. The van der Waals surface area contributed by atoms with Crippen LogP contribution < -0.4 is 25.0 Å². The fraction of sp³-hybridized carbons (Fsp3) is 0.280. The largest absolute Gasteiger partial charge is 0.493 e. The molecule has 1 amide bonds. The van der Waals surface area contributed by atoms with E-state index >= 15 is 0 Å². The third-order valence-electron chi connectivity index (χ3n) is 5.61. The third-order valence-corrected chi connectivity index (χ3v) is 5.61. The molecule has 1 unspecified atom stereocenters.